The van der Waals surface area contributed by atoms with Gasteiger partial charge in [-0.25, -0.2) is 4.39 Å². The van der Waals surface area contributed by atoms with Crippen LogP contribution in [-0.2, 0) is 19.6 Å². The molecule has 0 saturated carbocycles. The number of nitrogens with zero attached hydrogens (tertiary/aromatic N) is 4. The average molecular weight is 629 g/mol. The number of piperazine rings is 2. The average Bonchev–Trinajstić information content (AvgIpc) is 3.05. The highest BCUT2D eigenvalue weighted by Gasteiger charge is 2.23. The van der Waals surface area contributed by atoms with Crippen LogP contribution in [0.15, 0.2) is 66.7 Å². The van der Waals surface area contributed by atoms with Gasteiger partial charge in [-0.15, -0.1) is 0 Å². The van der Waals surface area contributed by atoms with Gasteiger partial charge in [-0.1, -0.05) is 43.3 Å². The first-order valence-electron chi connectivity index (χ1n) is 17.1. The van der Waals surface area contributed by atoms with Crippen molar-refractivity contribution < 1.29 is 9.18 Å². The Balaban J connectivity index is 1.15. The van der Waals surface area contributed by atoms with Gasteiger partial charge >= 0.3 is 0 Å². The van der Waals surface area contributed by atoms with Gasteiger partial charge in [0.05, 0.1) is 0 Å². The second kappa shape index (κ2) is 16.6. The van der Waals surface area contributed by atoms with Crippen molar-refractivity contribution in [2.75, 3.05) is 66.5 Å². The van der Waals surface area contributed by atoms with Gasteiger partial charge in [-0.05, 0) is 93.0 Å². The maximum Gasteiger partial charge on any atom is 0.251 e. The van der Waals surface area contributed by atoms with Crippen molar-refractivity contribution in [2.24, 2.45) is 0 Å². The summed E-state index contributed by atoms with van der Waals surface area (Å²) >= 11 is 0. The van der Waals surface area contributed by atoms with E-state index in [4.69, 9.17) is 0 Å². The smallest absolute Gasteiger partial charge is 0.251 e. The summed E-state index contributed by atoms with van der Waals surface area (Å²) < 4.78 is 15.0. The molecule has 2 heterocycles. The fourth-order valence-corrected chi connectivity index (χ4v) is 6.85. The third kappa shape index (κ3) is 9.69. The molecule has 0 radical (unpaired) electrons. The summed E-state index contributed by atoms with van der Waals surface area (Å²) in [6.07, 6.45) is 2.40. The highest BCUT2D eigenvalue weighted by molar-refractivity contribution is 5.94. The van der Waals surface area contributed by atoms with Gasteiger partial charge in [0.25, 0.3) is 5.91 Å². The van der Waals surface area contributed by atoms with E-state index in [-0.39, 0.29) is 11.7 Å². The minimum Gasteiger partial charge on any atom is -0.348 e. The summed E-state index contributed by atoms with van der Waals surface area (Å²) in [4.78, 5) is 23.0. The molecule has 8 heteroatoms. The van der Waals surface area contributed by atoms with E-state index < -0.39 is 0 Å². The minimum absolute atomic E-state index is 0.114. The molecule has 0 aliphatic carbocycles. The molecule has 46 heavy (non-hydrogen) atoms. The molecule has 0 bridgehead atoms. The molecular formula is C38H53FN6O. The van der Waals surface area contributed by atoms with Crippen molar-refractivity contribution in [1.29, 1.82) is 0 Å². The normalized spacial score (nSPS) is 19.0. The predicted octanol–water partition coefficient (Wildman–Crippen LogP) is 5.06. The first-order chi connectivity index (χ1) is 22.3. The fourth-order valence-electron chi connectivity index (χ4n) is 6.85. The molecule has 2 fully saturated rings. The number of rotatable bonds is 13. The first kappa shape index (κ1) is 34.2. The Morgan fingerprint density at radius 1 is 0.935 bits per heavy atom. The van der Waals surface area contributed by atoms with Gasteiger partial charge in [0.2, 0.25) is 0 Å². The first-order valence-corrected chi connectivity index (χ1v) is 17.1. The van der Waals surface area contributed by atoms with E-state index in [1.807, 2.05) is 36.4 Å². The summed E-state index contributed by atoms with van der Waals surface area (Å²) in [6.45, 7) is 14.9. The number of amides is 1. The maximum absolute atomic E-state index is 15.0. The van der Waals surface area contributed by atoms with Crippen LogP contribution >= 0.6 is 0 Å². The number of halogens is 1. The molecule has 1 amide bonds. The number of carbonyl (C=O) groups is 1. The monoisotopic (exact) mass is 628 g/mol. The molecule has 2 atom stereocenters. The third-order valence-electron chi connectivity index (χ3n) is 9.48. The van der Waals surface area contributed by atoms with E-state index >= 15 is 4.39 Å². The van der Waals surface area contributed by atoms with Crippen LogP contribution in [-0.4, -0.2) is 104 Å². The largest absolute Gasteiger partial charge is 0.348 e. The third-order valence-corrected chi connectivity index (χ3v) is 9.48. The molecule has 0 aromatic heterocycles. The second-order valence-electron chi connectivity index (χ2n) is 13.5. The van der Waals surface area contributed by atoms with Crippen molar-refractivity contribution in [3.05, 3.63) is 94.8 Å². The number of carbonyl (C=O) groups excluding carboxylic acids is 1. The van der Waals surface area contributed by atoms with E-state index in [0.29, 0.717) is 29.8 Å². The summed E-state index contributed by atoms with van der Waals surface area (Å²) in [5.41, 5.74) is 5.28. The van der Waals surface area contributed by atoms with Crippen LogP contribution in [0.5, 0.6) is 0 Å². The lowest BCUT2D eigenvalue weighted by molar-refractivity contribution is 0.0829. The summed E-state index contributed by atoms with van der Waals surface area (Å²) in [5, 5.41) is 6.54. The SMILES string of the molecule is CCC(CCN(C)C)N1CCN(Cc2cccc(C(=O)NCc3ccc(F)c(-c4cccc(CN5CCNC(C)C5)c4)c3)c2)CC1. The van der Waals surface area contributed by atoms with E-state index in [1.54, 1.807) is 6.07 Å². The van der Waals surface area contributed by atoms with Gasteiger partial charge in [0.1, 0.15) is 5.82 Å². The molecule has 0 spiro atoms. The summed E-state index contributed by atoms with van der Waals surface area (Å²) in [6, 6.07) is 22.4. The highest BCUT2D eigenvalue weighted by atomic mass is 19.1. The van der Waals surface area contributed by atoms with E-state index in [0.717, 1.165) is 82.1 Å². The van der Waals surface area contributed by atoms with E-state index in [2.05, 4.69) is 76.4 Å². The Hall–Kier alpha value is -3.14. The lowest BCUT2D eigenvalue weighted by Crippen LogP contribution is -2.50. The van der Waals surface area contributed by atoms with Crippen molar-refractivity contribution in [1.82, 2.24) is 30.2 Å². The molecule has 3 aromatic carbocycles. The topological polar surface area (TPSA) is 54.1 Å². The molecule has 3 aromatic rings. The van der Waals surface area contributed by atoms with E-state index in [1.165, 1.54) is 24.5 Å². The van der Waals surface area contributed by atoms with Crippen LogP contribution in [0.25, 0.3) is 11.1 Å². The van der Waals surface area contributed by atoms with Crippen molar-refractivity contribution in [2.45, 2.75) is 58.4 Å². The van der Waals surface area contributed by atoms with Crippen LogP contribution in [0.1, 0.15) is 53.7 Å². The molecule has 2 unspecified atom stereocenters. The van der Waals surface area contributed by atoms with Crippen LogP contribution in [0.3, 0.4) is 0 Å². The Labute approximate surface area is 275 Å². The van der Waals surface area contributed by atoms with Crippen LogP contribution < -0.4 is 10.6 Å². The Morgan fingerprint density at radius 2 is 1.67 bits per heavy atom. The summed E-state index contributed by atoms with van der Waals surface area (Å²) in [5.74, 6) is -0.369. The van der Waals surface area contributed by atoms with Crippen molar-refractivity contribution >= 4 is 5.91 Å². The molecule has 2 saturated heterocycles. The van der Waals surface area contributed by atoms with Crippen LogP contribution in [0, 0.1) is 5.82 Å². The van der Waals surface area contributed by atoms with Gasteiger partial charge in [0, 0.05) is 88.7 Å². The molecule has 2 aliphatic rings. The van der Waals surface area contributed by atoms with Gasteiger partial charge < -0.3 is 15.5 Å². The predicted molar refractivity (Wildman–Crippen MR) is 186 cm³/mol. The van der Waals surface area contributed by atoms with Gasteiger partial charge in [0.15, 0.2) is 0 Å². The Kier molecular flexibility index (Phi) is 12.4. The van der Waals surface area contributed by atoms with Crippen LogP contribution in [0.4, 0.5) is 4.39 Å². The van der Waals surface area contributed by atoms with Gasteiger partial charge in [-0.3, -0.25) is 19.5 Å². The Bertz CT molecular complexity index is 1420. The van der Waals surface area contributed by atoms with Crippen molar-refractivity contribution in [3.63, 3.8) is 0 Å². The standard InChI is InChI=1S/C38H53FN6O/c1-5-35(14-16-42(3)4)45-20-18-43(19-21-45)27-32-9-7-11-34(23-32)38(46)41-25-30-12-13-37(39)36(24-30)33-10-6-8-31(22-33)28-44-17-15-40-29(2)26-44/h6-13,22-24,29,35,40H,5,14-21,25-28H2,1-4H3,(H,41,46). The van der Waals surface area contributed by atoms with Crippen LogP contribution in [0.2, 0.25) is 0 Å². The number of benzene rings is 3. The minimum atomic E-state index is -0.254. The van der Waals surface area contributed by atoms with Crippen molar-refractivity contribution in [3.8, 4) is 11.1 Å². The molecule has 7 nitrogen and oxygen atoms in total. The fraction of sp³-hybridized carbons (Fsp3) is 0.500. The Morgan fingerprint density at radius 3 is 2.41 bits per heavy atom. The molecule has 5 rings (SSSR count). The number of hydrogen-bond acceptors (Lipinski definition) is 6. The molecule has 2 aliphatic heterocycles. The number of nitrogens with one attached hydrogen (secondary N) is 2. The lowest BCUT2D eigenvalue weighted by Gasteiger charge is -2.39. The molecule has 2 N–H and O–H groups in total. The zero-order chi connectivity index (χ0) is 32.5. The zero-order valence-corrected chi connectivity index (χ0v) is 28.3. The lowest BCUT2D eigenvalue weighted by atomic mass is 10.00. The number of hydrogen-bond donors (Lipinski definition) is 2. The quantitative estimate of drug-likeness (QED) is 0.276. The molecular weight excluding hydrogens is 575 g/mol. The highest BCUT2D eigenvalue weighted by Crippen LogP contribution is 2.26. The van der Waals surface area contributed by atoms with E-state index in [9.17, 15) is 4.79 Å². The molecule has 248 valence electrons. The second-order valence-corrected chi connectivity index (χ2v) is 13.5. The van der Waals surface area contributed by atoms with Gasteiger partial charge in [-0.2, -0.15) is 0 Å². The zero-order valence-electron chi connectivity index (χ0n) is 28.3. The maximum atomic E-state index is 15.0. The summed E-state index contributed by atoms with van der Waals surface area (Å²) in [7, 11) is 4.29.